The third-order valence-electron chi connectivity index (χ3n) is 4.34. The number of piperidine rings is 1. The van der Waals surface area contributed by atoms with Crippen molar-refractivity contribution in [2.45, 2.75) is 58.3 Å². The number of methoxy groups -OCH3 is 1. The number of nitrogens with one attached hydrogen (secondary N) is 1. The molecule has 1 aromatic carbocycles. The highest BCUT2D eigenvalue weighted by Gasteiger charge is 2.26. The summed E-state index contributed by atoms with van der Waals surface area (Å²) in [5.74, 6) is 0. The van der Waals surface area contributed by atoms with Crippen molar-refractivity contribution in [3.63, 3.8) is 0 Å². The normalized spacial score (nSPS) is 18.1. The molecule has 1 aromatic rings. The molecule has 1 aliphatic rings. The minimum atomic E-state index is 0.305. The molecule has 21 heavy (non-hydrogen) atoms. The summed E-state index contributed by atoms with van der Waals surface area (Å²) in [6.07, 6.45) is 2.49. The van der Waals surface area contributed by atoms with E-state index in [1.54, 1.807) is 7.11 Å². The highest BCUT2D eigenvalue weighted by Crippen LogP contribution is 2.20. The standard InChI is InChI=1S/C18H30N2O/c1-18(2,3)20-10-8-17(9-11-20)19-13-15-6-5-7-16(12-15)14-21-4/h5-7,12,17,19H,8-11,13-14H2,1-4H3. The molecule has 0 aliphatic carbocycles. The molecule has 1 heterocycles. The maximum absolute atomic E-state index is 5.20. The third-order valence-corrected chi connectivity index (χ3v) is 4.34. The van der Waals surface area contributed by atoms with Crippen molar-refractivity contribution in [3.05, 3.63) is 35.4 Å². The number of likely N-dealkylation sites (tertiary alicyclic amines) is 1. The zero-order chi connectivity index (χ0) is 15.3. The smallest absolute Gasteiger partial charge is 0.0713 e. The average molecular weight is 290 g/mol. The van der Waals surface area contributed by atoms with E-state index in [-0.39, 0.29) is 0 Å². The van der Waals surface area contributed by atoms with Crippen molar-refractivity contribution in [1.82, 2.24) is 10.2 Å². The summed E-state index contributed by atoms with van der Waals surface area (Å²) in [5.41, 5.74) is 2.90. The molecule has 0 radical (unpaired) electrons. The number of hydrogen-bond donors (Lipinski definition) is 1. The monoisotopic (exact) mass is 290 g/mol. The second kappa shape index (κ2) is 7.39. The van der Waals surface area contributed by atoms with Crippen LogP contribution in [-0.4, -0.2) is 36.7 Å². The van der Waals surface area contributed by atoms with Crippen LogP contribution in [0.2, 0.25) is 0 Å². The van der Waals surface area contributed by atoms with E-state index in [2.05, 4.69) is 55.3 Å². The summed E-state index contributed by atoms with van der Waals surface area (Å²) in [6.45, 7) is 11.0. The fraction of sp³-hybridized carbons (Fsp3) is 0.667. The molecular weight excluding hydrogens is 260 g/mol. The van der Waals surface area contributed by atoms with Gasteiger partial charge in [-0.3, -0.25) is 4.90 Å². The van der Waals surface area contributed by atoms with Crippen LogP contribution < -0.4 is 5.32 Å². The summed E-state index contributed by atoms with van der Waals surface area (Å²) in [7, 11) is 1.74. The number of nitrogens with zero attached hydrogens (tertiary/aromatic N) is 1. The first-order valence-electron chi connectivity index (χ1n) is 8.04. The van der Waals surface area contributed by atoms with E-state index in [0.29, 0.717) is 18.2 Å². The maximum atomic E-state index is 5.20. The Bertz CT molecular complexity index is 431. The fourth-order valence-electron chi connectivity index (χ4n) is 3.01. The average Bonchev–Trinajstić information content (AvgIpc) is 2.45. The lowest BCUT2D eigenvalue weighted by Crippen LogP contribution is -2.49. The molecule has 1 N–H and O–H groups in total. The van der Waals surface area contributed by atoms with Crippen molar-refractivity contribution in [1.29, 1.82) is 0 Å². The van der Waals surface area contributed by atoms with Crippen LogP contribution in [0.4, 0.5) is 0 Å². The first kappa shape index (κ1) is 16.5. The Balaban J connectivity index is 1.78. The van der Waals surface area contributed by atoms with Crippen molar-refractivity contribution in [3.8, 4) is 0 Å². The zero-order valence-corrected chi connectivity index (χ0v) is 14.0. The molecule has 0 aromatic heterocycles. The Labute approximate surface area is 129 Å². The van der Waals surface area contributed by atoms with Gasteiger partial charge in [0.1, 0.15) is 0 Å². The molecule has 118 valence electrons. The van der Waals surface area contributed by atoms with Gasteiger partial charge in [0, 0.05) is 38.3 Å². The van der Waals surface area contributed by atoms with Gasteiger partial charge in [0.15, 0.2) is 0 Å². The molecule has 1 fully saturated rings. The lowest BCUT2D eigenvalue weighted by molar-refractivity contribution is 0.0960. The van der Waals surface area contributed by atoms with E-state index in [4.69, 9.17) is 4.74 Å². The van der Waals surface area contributed by atoms with E-state index in [9.17, 15) is 0 Å². The lowest BCUT2D eigenvalue weighted by atomic mass is 9.98. The van der Waals surface area contributed by atoms with Crippen LogP contribution in [-0.2, 0) is 17.9 Å². The molecule has 0 atom stereocenters. The molecule has 0 amide bonds. The largest absolute Gasteiger partial charge is 0.380 e. The summed E-state index contributed by atoms with van der Waals surface area (Å²) in [6, 6.07) is 9.31. The highest BCUT2D eigenvalue weighted by atomic mass is 16.5. The molecule has 0 spiro atoms. The topological polar surface area (TPSA) is 24.5 Å². The highest BCUT2D eigenvalue weighted by molar-refractivity contribution is 5.22. The number of rotatable bonds is 5. The van der Waals surface area contributed by atoms with Crippen LogP contribution in [0.5, 0.6) is 0 Å². The van der Waals surface area contributed by atoms with Crippen LogP contribution in [0.25, 0.3) is 0 Å². The molecule has 0 saturated carbocycles. The van der Waals surface area contributed by atoms with Crippen molar-refractivity contribution in [2.75, 3.05) is 20.2 Å². The second-order valence-corrected chi connectivity index (χ2v) is 7.07. The summed E-state index contributed by atoms with van der Waals surface area (Å²) in [4.78, 5) is 2.59. The Kier molecular flexibility index (Phi) is 5.80. The van der Waals surface area contributed by atoms with Gasteiger partial charge in [-0.2, -0.15) is 0 Å². The summed E-state index contributed by atoms with van der Waals surface area (Å²) < 4.78 is 5.20. The number of benzene rings is 1. The number of hydrogen-bond acceptors (Lipinski definition) is 3. The first-order chi connectivity index (χ1) is 9.99. The van der Waals surface area contributed by atoms with Crippen molar-refractivity contribution in [2.24, 2.45) is 0 Å². The van der Waals surface area contributed by atoms with Gasteiger partial charge in [0.05, 0.1) is 6.61 Å². The summed E-state index contributed by atoms with van der Waals surface area (Å²) in [5, 5.41) is 3.71. The number of ether oxygens (including phenoxy) is 1. The molecule has 1 saturated heterocycles. The molecule has 1 aliphatic heterocycles. The Morgan fingerprint density at radius 3 is 2.48 bits per heavy atom. The van der Waals surface area contributed by atoms with Gasteiger partial charge in [0.2, 0.25) is 0 Å². The summed E-state index contributed by atoms with van der Waals surface area (Å²) >= 11 is 0. The predicted molar refractivity (Wildman–Crippen MR) is 88.3 cm³/mol. The Hall–Kier alpha value is -0.900. The van der Waals surface area contributed by atoms with Gasteiger partial charge < -0.3 is 10.1 Å². The molecule has 0 unspecified atom stereocenters. The Morgan fingerprint density at radius 2 is 1.86 bits per heavy atom. The van der Waals surface area contributed by atoms with Gasteiger partial charge >= 0.3 is 0 Å². The third kappa shape index (κ3) is 5.10. The fourth-order valence-corrected chi connectivity index (χ4v) is 3.01. The van der Waals surface area contributed by atoms with Gasteiger partial charge in [-0.25, -0.2) is 0 Å². The van der Waals surface area contributed by atoms with Gasteiger partial charge in [-0.15, -0.1) is 0 Å². The Morgan fingerprint density at radius 1 is 1.19 bits per heavy atom. The van der Waals surface area contributed by atoms with Crippen LogP contribution in [0.1, 0.15) is 44.7 Å². The van der Waals surface area contributed by atoms with Gasteiger partial charge in [-0.1, -0.05) is 24.3 Å². The van der Waals surface area contributed by atoms with E-state index >= 15 is 0 Å². The van der Waals surface area contributed by atoms with E-state index < -0.39 is 0 Å². The molecular formula is C18H30N2O. The predicted octanol–water partition coefficient (Wildman–Crippen LogP) is 3.19. The van der Waals surface area contributed by atoms with Crippen LogP contribution in [0, 0.1) is 0 Å². The maximum Gasteiger partial charge on any atom is 0.0713 e. The second-order valence-electron chi connectivity index (χ2n) is 7.07. The molecule has 3 heteroatoms. The lowest BCUT2D eigenvalue weighted by Gasteiger charge is -2.41. The van der Waals surface area contributed by atoms with E-state index in [1.165, 1.54) is 37.1 Å². The molecule has 2 rings (SSSR count). The van der Waals surface area contributed by atoms with E-state index in [1.807, 2.05) is 0 Å². The minimum Gasteiger partial charge on any atom is -0.380 e. The zero-order valence-electron chi connectivity index (χ0n) is 14.0. The van der Waals surface area contributed by atoms with Gasteiger partial charge in [-0.05, 0) is 44.7 Å². The minimum absolute atomic E-state index is 0.305. The van der Waals surface area contributed by atoms with Crippen LogP contribution in [0.15, 0.2) is 24.3 Å². The molecule has 0 bridgehead atoms. The van der Waals surface area contributed by atoms with Crippen molar-refractivity contribution >= 4 is 0 Å². The van der Waals surface area contributed by atoms with Crippen LogP contribution >= 0.6 is 0 Å². The molecule has 3 nitrogen and oxygen atoms in total. The first-order valence-corrected chi connectivity index (χ1v) is 8.04. The van der Waals surface area contributed by atoms with Crippen LogP contribution in [0.3, 0.4) is 0 Å². The quantitative estimate of drug-likeness (QED) is 0.901. The SMILES string of the molecule is COCc1cccc(CNC2CCN(C(C)(C)C)CC2)c1. The van der Waals surface area contributed by atoms with Crippen molar-refractivity contribution < 1.29 is 4.74 Å². The van der Waals surface area contributed by atoms with E-state index in [0.717, 1.165) is 6.54 Å². The van der Waals surface area contributed by atoms with Gasteiger partial charge in [0.25, 0.3) is 0 Å².